The van der Waals surface area contributed by atoms with Gasteiger partial charge < -0.3 is 5.32 Å². The average molecular weight is 292 g/mol. The smallest absolute Gasteiger partial charge is 0.225 e. The quantitative estimate of drug-likeness (QED) is 0.843. The van der Waals surface area contributed by atoms with Gasteiger partial charge >= 0.3 is 0 Å². The molecule has 0 radical (unpaired) electrons. The van der Waals surface area contributed by atoms with E-state index in [-0.39, 0.29) is 11.8 Å². The molecule has 1 atom stereocenters. The lowest BCUT2D eigenvalue weighted by atomic mass is 9.93. The van der Waals surface area contributed by atoms with Crippen LogP contribution in [0.3, 0.4) is 0 Å². The zero-order chi connectivity index (χ0) is 13.7. The Morgan fingerprint density at radius 3 is 3.11 bits per heavy atom. The molecule has 0 aromatic carbocycles. The van der Waals surface area contributed by atoms with Gasteiger partial charge in [0, 0.05) is 17.2 Å². The number of nitrogens with zero attached hydrogens (tertiary/aromatic N) is 1. The Labute approximate surface area is 121 Å². The monoisotopic (exact) mass is 292 g/mol. The number of thiophene rings is 1. The first-order valence-corrected chi connectivity index (χ1v) is 8.23. The number of amides is 1. The maximum absolute atomic E-state index is 11.8. The Kier molecular flexibility index (Phi) is 5.06. The summed E-state index contributed by atoms with van der Waals surface area (Å²) in [5, 5.41) is 15.0. The number of unbranched alkanes of at least 4 members (excludes halogenated alkanes) is 1. The van der Waals surface area contributed by atoms with Crippen molar-refractivity contribution in [3.8, 4) is 6.07 Å². The Morgan fingerprint density at radius 1 is 1.63 bits per heavy atom. The highest BCUT2D eigenvalue weighted by Gasteiger charge is 2.29. The summed E-state index contributed by atoms with van der Waals surface area (Å²) in [5.41, 5.74) is 0.711. The predicted molar refractivity (Wildman–Crippen MR) is 79.8 cm³/mol. The highest BCUT2D eigenvalue weighted by molar-refractivity contribution is 8.03. The van der Waals surface area contributed by atoms with Crippen molar-refractivity contribution in [3.05, 3.63) is 33.0 Å². The van der Waals surface area contributed by atoms with E-state index in [0.717, 1.165) is 28.5 Å². The van der Waals surface area contributed by atoms with E-state index in [9.17, 15) is 10.1 Å². The molecule has 0 saturated heterocycles. The Morgan fingerprint density at radius 2 is 2.47 bits per heavy atom. The highest BCUT2D eigenvalue weighted by atomic mass is 32.2. The first-order chi connectivity index (χ1) is 9.26. The van der Waals surface area contributed by atoms with Gasteiger partial charge in [-0.05, 0) is 23.6 Å². The molecule has 1 amide bonds. The summed E-state index contributed by atoms with van der Waals surface area (Å²) in [4.78, 5) is 12.9. The Balaban J connectivity index is 2.25. The van der Waals surface area contributed by atoms with Crippen LogP contribution >= 0.6 is 23.1 Å². The second-order valence-electron chi connectivity index (χ2n) is 4.38. The first kappa shape index (κ1) is 14.2. The van der Waals surface area contributed by atoms with Gasteiger partial charge in [-0.1, -0.05) is 19.4 Å². The third-order valence-electron chi connectivity index (χ3n) is 2.99. The van der Waals surface area contributed by atoms with Crippen LogP contribution in [0.15, 0.2) is 28.1 Å². The van der Waals surface area contributed by atoms with Crippen LogP contribution in [0.2, 0.25) is 0 Å². The topological polar surface area (TPSA) is 52.9 Å². The number of thioether (sulfide) groups is 1. The van der Waals surface area contributed by atoms with E-state index >= 15 is 0 Å². The van der Waals surface area contributed by atoms with Gasteiger partial charge in [0.2, 0.25) is 5.91 Å². The van der Waals surface area contributed by atoms with Crippen LogP contribution in [-0.2, 0) is 4.79 Å². The summed E-state index contributed by atoms with van der Waals surface area (Å²) in [6.45, 7) is 2.13. The molecule has 0 unspecified atom stereocenters. The molecular formula is C14H16N2OS2. The second kappa shape index (κ2) is 6.78. The molecule has 1 aromatic rings. The van der Waals surface area contributed by atoms with Crippen LogP contribution in [0.1, 0.15) is 37.0 Å². The highest BCUT2D eigenvalue weighted by Crippen LogP contribution is 2.37. The fourth-order valence-electron chi connectivity index (χ4n) is 1.98. The molecular weight excluding hydrogens is 276 g/mol. The SMILES string of the molecule is CCCCSC1=C(C#N)[C@H](c2cccs2)CC(=O)N1. The third kappa shape index (κ3) is 3.40. The number of carbonyl (C=O) groups excluding carboxylic acids is 1. The number of nitrogens with one attached hydrogen (secondary N) is 1. The predicted octanol–water partition coefficient (Wildman–Crippen LogP) is 3.62. The Bertz CT molecular complexity index is 514. The summed E-state index contributed by atoms with van der Waals surface area (Å²) in [6, 6.07) is 6.25. The summed E-state index contributed by atoms with van der Waals surface area (Å²) < 4.78 is 0. The van der Waals surface area contributed by atoms with E-state index in [2.05, 4.69) is 18.3 Å². The van der Waals surface area contributed by atoms with Crippen LogP contribution in [0.5, 0.6) is 0 Å². The second-order valence-corrected chi connectivity index (χ2v) is 6.46. The van der Waals surface area contributed by atoms with Crippen molar-refractivity contribution in [1.29, 1.82) is 5.26 Å². The zero-order valence-electron chi connectivity index (χ0n) is 10.8. The molecule has 0 aliphatic carbocycles. The fraction of sp³-hybridized carbons (Fsp3) is 0.429. The molecule has 1 aliphatic heterocycles. The van der Waals surface area contributed by atoms with Gasteiger partial charge in [-0.2, -0.15) is 5.26 Å². The molecule has 2 rings (SSSR count). The van der Waals surface area contributed by atoms with Crippen molar-refractivity contribution in [1.82, 2.24) is 5.32 Å². The van der Waals surface area contributed by atoms with Crippen LogP contribution in [0.4, 0.5) is 0 Å². The van der Waals surface area contributed by atoms with E-state index < -0.39 is 0 Å². The molecule has 5 heteroatoms. The third-order valence-corrected chi connectivity index (χ3v) is 5.08. The Hall–Kier alpha value is -1.25. The van der Waals surface area contributed by atoms with Crippen molar-refractivity contribution < 1.29 is 4.79 Å². The van der Waals surface area contributed by atoms with Gasteiger partial charge in [-0.15, -0.1) is 23.1 Å². The van der Waals surface area contributed by atoms with E-state index in [1.165, 1.54) is 0 Å². The number of nitriles is 1. The molecule has 0 fully saturated rings. The van der Waals surface area contributed by atoms with E-state index in [1.54, 1.807) is 23.1 Å². The van der Waals surface area contributed by atoms with Crippen molar-refractivity contribution in [2.75, 3.05) is 5.75 Å². The van der Waals surface area contributed by atoms with E-state index in [4.69, 9.17) is 0 Å². The summed E-state index contributed by atoms with van der Waals surface area (Å²) in [7, 11) is 0. The molecule has 0 bridgehead atoms. The van der Waals surface area contributed by atoms with Crippen LogP contribution in [-0.4, -0.2) is 11.7 Å². The minimum atomic E-state index is -0.0668. The fourth-order valence-corrected chi connectivity index (χ4v) is 3.99. The minimum Gasteiger partial charge on any atom is -0.320 e. The standard InChI is InChI=1S/C14H16N2OS2/c1-2-3-6-19-14-11(9-15)10(8-13(17)16-14)12-5-4-7-18-12/h4-5,7,10H,2-3,6,8H2,1H3,(H,16,17)/t10-/m1/s1. The number of carbonyl (C=O) groups is 1. The van der Waals surface area contributed by atoms with Gasteiger partial charge in [-0.3, -0.25) is 4.79 Å². The van der Waals surface area contributed by atoms with Crippen molar-refractivity contribution in [2.45, 2.75) is 32.1 Å². The maximum atomic E-state index is 11.8. The average Bonchev–Trinajstić information content (AvgIpc) is 2.92. The van der Waals surface area contributed by atoms with Gasteiger partial charge in [0.25, 0.3) is 0 Å². The molecule has 0 spiro atoms. The molecule has 0 saturated carbocycles. The summed E-state index contributed by atoms with van der Waals surface area (Å²) >= 11 is 3.20. The number of allylic oxidation sites excluding steroid dienone is 1. The van der Waals surface area contributed by atoms with Gasteiger partial charge in [0.15, 0.2) is 0 Å². The summed E-state index contributed by atoms with van der Waals surface area (Å²) in [6.07, 6.45) is 2.58. The van der Waals surface area contributed by atoms with E-state index in [0.29, 0.717) is 12.0 Å². The number of rotatable bonds is 5. The van der Waals surface area contributed by atoms with Gasteiger partial charge in [0.05, 0.1) is 16.7 Å². The van der Waals surface area contributed by atoms with Crippen molar-refractivity contribution >= 4 is 29.0 Å². The normalized spacial score (nSPS) is 19.2. The number of hydrogen-bond donors (Lipinski definition) is 1. The summed E-state index contributed by atoms with van der Waals surface area (Å²) in [5.74, 6) is 0.883. The molecule has 1 aromatic heterocycles. The molecule has 19 heavy (non-hydrogen) atoms. The molecule has 3 nitrogen and oxygen atoms in total. The lowest BCUT2D eigenvalue weighted by Crippen LogP contribution is -2.30. The molecule has 1 aliphatic rings. The van der Waals surface area contributed by atoms with Gasteiger partial charge in [0.1, 0.15) is 0 Å². The maximum Gasteiger partial charge on any atom is 0.225 e. The van der Waals surface area contributed by atoms with Crippen LogP contribution in [0, 0.1) is 11.3 Å². The lowest BCUT2D eigenvalue weighted by molar-refractivity contribution is -0.120. The van der Waals surface area contributed by atoms with Crippen molar-refractivity contribution in [3.63, 3.8) is 0 Å². The molecule has 1 N–H and O–H groups in total. The van der Waals surface area contributed by atoms with Crippen LogP contribution < -0.4 is 5.32 Å². The minimum absolute atomic E-state index is 0.0106. The zero-order valence-corrected chi connectivity index (χ0v) is 12.4. The largest absolute Gasteiger partial charge is 0.320 e. The van der Waals surface area contributed by atoms with E-state index in [1.807, 2.05) is 17.5 Å². The molecule has 2 heterocycles. The number of hydrogen-bond acceptors (Lipinski definition) is 4. The van der Waals surface area contributed by atoms with Crippen molar-refractivity contribution in [2.24, 2.45) is 0 Å². The first-order valence-electron chi connectivity index (χ1n) is 6.36. The molecule has 100 valence electrons. The van der Waals surface area contributed by atoms with Crippen LogP contribution in [0.25, 0.3) is 0 Å². The lowest BCUT2D eigenvalue weighted by Gasteiger charge is -2.23. The van der Waals surface area contributed by atoms with Gasteiger partial charge in [-0.25, -0.2) is 0 Å².